The van der Waals surface area contributed by atoms with Crippen LogP contribution in [0.2, 0.25) is 0 Å². The Morgan fingerprint density at radius 1 is 0.527 bits per heavy atom. The highest BCUT2D eigenvalue weighted by Gasteiger charge is 2.20. The molecule has 0 unspecified atom stereocenters. The Balaban J connectivity index is 1.31. The molecule has 2 amide bonds. The maximum atomic E-state index is 13.2. The van der Waals surface area contributed by atoms with Crippen molar-refractivity contribution in [3.63, 3.8) is 0 Å². The number of phenols is 2. The average Bonchev–Trinajstić information content (AvgIpc) is 3.18. The summed E-state index contributed by atoms with van der Waals surface area (Å²) in [5.41, 5.74) is 3.66. The van der Waals surface area contributed by atoms with E-state index in [2.05, 4.69) is 23.8 Å². The highest BCUT2D eigenvalue weighted by atomic mass is 32.2. The summed E-state index contributed by atoms with van der Waals surface area (Å²) in [4.78, 5) is 28.0. The van der Waals surface area contributed by atoms with E-state index >= 15 is 0 Å². The lowest BCUT2D eigenvalue weighted by Gasteiger charge is -2.19. The summed E-state index contributed by atoms with van der Waals surface area (Å²) in [5, 5.41) is 25.9. The lowest BCUT2D eigenvalue weighted by Crippen LogP contribution is -2.17. The zero-order valence-corrected chi connectivity index (χ0v) is 30.3. The zero-order valence-electron chi connectivity index (χ0n) is 29.4. The van der Waals surface area contributed by atoms with E-state index in [1.165, 1.54) is 11.8 Å². The Morgan fingerprint density at radius 3 is 1.25 bits per heavy atom. The van der Waals surface area contributed by atoms with Gasteiger partial charge in [-0.25, -0.2) is 9.59 Å². The summed E-state index contributed by atoms with van der Waals surface area (Å²) in [5.74, 6) is 2.01. The molecule has 6 aromatic carbocycles. The van der Waals surface area contributed by atoms with Crippen LogP contribution >= 0.6 is 11.8 Å². The van der Waals surface area contributed by atoms with Crippen LogP contribution in [0.25, 0.3) is 22.3 Å². The van der Waals surface area contributed by atoms with Gasteiger partial charge >= 0.3 is 12.2 Å². The Hall–Kier alpha value is -7.11. The number of amides is 2. The molecule has 0 heterocycles. The molecular weight excluding hydrogens is 717 g/mol. The minimum atomic E-state index is -0.713. The molecule has 10 nitrogen and oxygen atoms in total. The summed E-state index contributed by atoms with van der Waals surface area (Å²) in [6.07, 6.45) is 1.85. The van der Waals surface area contributed by atoms with E-state index in [1.807, 2.05) is 12.1 Å². The number of aromatic hydroxyl groups is 2. The molecule has 55 heavy (non-hydrogen) atoms. The van der Waals surface area contributed by atoms with Crippen LogP contribution in [-0.2, 0) is 0 Å². The maximum Gasteiger partial charge on any atom is 0.417 e. The van der Waals surface area contributed by atoms with Crippen LogP contribution in [-0.4, -0.2) is 35.6 Å². The van der Waals surface area contributed by atoms with Gasteiger partial charge in [-0.15, -0.1) is 0 Å². The predicted octanol–water partition coefficient (Wildman–Crippen LogP) is 10.9. The number of ether oxygens (including phenoxy) is 4. The van der Waals surface area contributed by atoms with E-state index in [0.29, 0.717) is 69.8 Å². The molecule has 0 saturated heterocycles. The topological polar surface area (TPSA) is 136 Å². The van der Waals surface area contributed by atoms with E-state index < -0.39 is 12.2 Å². The fourth-order valence-corrected chi connectivity index (χ4v) is 6.60. The molecule has 0 atom stereocenters. The molecule has 0 aliphatic rings. The van der Waals surface area contributed by atoms with Gasteiger partial charge in [0.25, 0.3) is 0 Å². The van der Waals surface area contributed by atoms with Crippen LogP contribution in [0.3, 0.4) is 0 Å². The third-order valence-electron chi connectivity index (χ3n) is 7.86. The van der Waals surface area contributed by atoms with Crippen LogP contribution in [0.5, 0.6) is 34.5 Å². The van der Waals surface area contributed by atoms with Crippen molar-refractivity contribution in [3.8, 4) is 56.8 Å². The van der Waals surface area contributed by atoms with E-state index in [9.17, 15) is 19.8 Å². The van der Waals surface area contributed by atoms with Crippen LogP contribution in [0.4, 0.5) is 21.0 Å². The van der Waals surface area contributed by atoms with Crippen LogP contribution in [0.15, 0.2) is 169 Å². The molecule has 0 radical (unpaired) electrons. The second kappa shape index (κ2) is 18.1. The normalized spacial score (nSPS) is 10.5. The fourth-order valence-electron chi connectivity index (χ4n) is 5.41. The second-order valence-electron chi connectivity index (χ2n) is 11.7. The van der Waals surface area contributed by atoms with Crippen LogP contribution in [0.1, 0.15) is 0 Å². The monoisotopic (exact) mass is 752 g/mol. The van der Waals surface area contributed by atoms with Gasteiger partial charge in [0.05, 0.1) is 11.4 Å². The van der Waals surface area contributed by atoms with Gasteiger partial charge in [0.1, 0.15) is 47.7 Å². The van der Waals surface area contributed by atoms with Crippen molar-refractivity contribution < 1.29 is 38.7 Å². The first kappa shape index (κ1) is 37.6. The minimum absolute atomic E-state index is 0.0839. The molecular formula is C44H36N2O8S. The summed E-state index contributed by atoms with van der Waals surface area (Å²) >= 11 is 1.39. The number of hydrogen-bond acceptors (Lipinski definition) is 9. The van der Waals surface area contributed by atoms with Gasteiger partial charge in [0, 0.05) is 20.9 Å². The minimum Gasteiger partial charge on any atom is -0.508 e. The molecule has 0 fully saturated rings. The molecule has 276 valence electrons. The summed E-state index contributed by atoms with van der Waals surface area (Å²) < 4.78 is 22.2. The largest absolute Gasteiger partial charge is 0.508 e. The van der Waals surface area contributed by atoms with E-state index in [1.54, 1.807) is 133 Å². The van der Waals surface area contributed by atoms with Crippen molar-refractivity contribution in [2.45, 2.75) is 9.79 Å². The lowest BCUT2D eigenvalue weighted by atomic mass is 10.0. The Labute approximate surface area is 322 Å². The standard InChI is InChI=1S/C44H36N2O8S/c1-3-27-51-33-19-23-35(24-20-33)53-43(49)45-37-7-5-9-39(41(37)29-11-15-31(47)16-12-29)55-40-10-6-8-38(42(40)30-13-17-32(48)18-14-30)46-44(50)54-36-25-21-34(22-26-36)52-28-4-2/h3-26,47-48H,1-2,27-28H2,(H,45,49)(H,46,50). The van der Waals surface area contributed by atoms with Gasteiger partial charge in [-0.05, 0) is 108 Å². The van der Waals surface area contributed by atoms with Crippen molar-refractivity contribution in [2.24, 2.45) is 0 Å². The fraction of sp³-hybridized carbons (Fsp3) is 0.0455. The molecule has 0 bridgehead atoms. The van der Waals surface area contributed by atoms with Crippen molar-refractivity contribution in [2.75, 3.05) is 23.8 Å². The molecule has 11 heteroatoms. The van der Waals surface area contributed by atoms with Crippen LogP contribution in [0, 0.1) is 0 Å². The SMILES string of the molecule is C=CCOc1ccc(OC(=O)Nc2cccc(Sc3cccc(NC(=O)Oc4ccc(OCC=C)cc4)c3-c3ccc(O)cc3)c2-c2ccc(O)cc2)cc1. The molecule has 0 spiro atoms. The molecule has 0 aromatic heterocycles. The number of rotatable bonds is 14. The molecule has 0 saturated carbocycles. The second-order valence-corrected chi connectivity index (χ2v) is 12.8. The van der Waals surface area contributed by atoms with Gasteiger partial charge in [0.15, 0.2) is 0 Å². The lowest BCUT2D eigenvalue weighted by molar-refractivity contribution is 0.214. The first-order chi connectivity index (χ1) is 26.8. The summed E-state index contributed by atoms with van der Waals surface area (Å²) in [6.45, 7) is 7.98. The highest BCUT2D eigenvalue weighted by Crippen LogP contribution is 2.46. The van der Waals surface area contributed by atoms with Crippen molar-refractivity contribution >= 4 is 35.3 Å². The Morgan fingerprint density at radius 2 is 0.891 bits per heavy atom. The maximum absolute atomic E-state index is 13.2. The zero-order chi connectivity index (χ0) is 38.6. The number of nitrogens with one attached hydrogen (secondary N) is 2. The number of phenolic OH excluding ortho intramolecular Hbond substituents is 2. The van der Waals surface area contributed by atoms with Gasteiger partial charge in [-0.3, -0.25) is 10.6 Å². The number of anilines is 2. The van der Waals surface area contributed by atoms with Gasteiger partial charge < -0.3 is 29.2 Å². The first-order valence-electron chi connectivity index (χ1n) is 17.0. The Bertz CT molecular complexity index is 2110. The molecule has 6 rings (SSSR count). The number of carbonyl (C=O) groups is 2. The summed E-state index contributed by atoms with van der Waals surface area (Å²) in [7, 11) is 0. The van der Waals surface area contributed by atoms with E-state index in [4.69, 9.17) is 18.9 Å². The molecule has 0 aliphatic carbocycles. The van der Waals surface area contributed by atoms with Crippen molar-refractivity contribution in [1.29, 1.82) is 0 Å². The van der Waals surface area contributed by atoms with Crippen LogP contribution < -0.4 is 29.6 Å². The number of carbonyl (C=O) groups excluding carboxylic acids is 2. The van der Waals surface area contributed by atoms with Crippen molar-refractivity contribution in [3.05, 3.63) is 159 Å². The quantitative estimate of drug-likeness (QED) is 0.0802. The van der Waals surface area contributed by atoms with Gasteiger partial charge in [-0.1, -0.05) is 73.5 Å². The Kier molecular flexibility index (Phi) is 12.4. The summed E-state index contributed by atoms with van der Waals surface area (Å²) in [6, 6.07) is 37.5. The molecule has 4 N–H and O–H groups in total. The smallest absolute Gasteiger partial charge is 0.417 e. The number of benzene rings is 6. The van der Waals surface area contributed by atoms with Crippen molar-refractivity contribution in [1.82, 2.24) is 0 Å². The third kappa shape index (κ3) is 10.1. The third-order valence-corrected chi connectivity index (χ3v) is 8.98. The first-order valence-corrected chi connectivity index (χ1v) is 17.8. The highest BCUT2D eigenvalue weighted by molar-refractivity contribution is 7.99. The van der Waals surface area contributed by atoms with Gasteiger partial charge in [0.2, 0.25) is 0 Å². The number of hydrogen-bond donors (Lipinski definition) is 4. The molecule has 6 aromatic rings. The van der Waals surface area contributed by atoms with E-state index in [-0.39, 0.29) is 11.5 Å². The van der Waals surface area contributed by atoms with Gasteiger partial charge in [-0.2, -0.15) is 0 Å². The predicted molar refractivity (Wildman–Crippen MR) is 215 cm³/mol. The average molecular weight is 753 g/mol. The molecule has 0 aliphatic heterocycles. The van der Waals surface area contributed by atoms with E-state index in [0.717, 1.165) is 9.79 Å².